The third-order valence-electron chi connectivity index (χ3n) is 6.06. The summed E-state index contributed by atoms with van der Waals surface area (Å²) in [7, 11) is 0. The van der Waals surface area contributed by atoms with Gasteiger partial charge in [0.2, 0.25) is 0 Å². The van der Waals surface area contributed by atoms with Crippen molar-refractivity contribution in [3.05, 3.63) is 130 Å². The summed E-state index contributed by atoms with van der Waals surface area (Å²) in [6.07, 6.45) is 10.2. The maximum absolute atomic E-state index is 3.65. The molecule has 1 N–H and O–H groups in total. The lowest BCUT2D eigenvalue weighted by atomic mass is 9.90. The molecule has 0 spiro atoms. The Kier molecular flexibility index (Phi) is 6.23. The van der Waals surface area contributed by atoms with Gasteiger partial charge in [-0.25, -0.2) is 0 Å². The Labute approximate surface area is 186 Å². The molecule has 0 radical (unpaired) electrons. The van der Waals surface area contributed by atoms with Crippen molar-refractivity contribution in [2.45, 2.75) is 40.2 Å². The number of allylic oxidation sites excluding steroid dienone is 3. The minimum Gasteiger partial charge on any atom is -0.379 e. The van der Waals surface area contributed by atoms with Gasteiger partial charge in [0.25, 0.3) is 0 Å². The Morgan fingerprint density at radius 2 is 1.65 bits per heavy atom. The Hall–Kier alpha value is -3.32. The van der Waals surface area contributed by atoms with E-state index in [1.165, 1.54) is 50.2 Å². The molecule has 1 heteroatoms. The maximum Gasteiger partial charge on any atom is 0.0482 e. The van der Waals surface area contributed by atoms with Gasteiger partial charge in [-0.05, 0) is 91.3 Å². The first-order valence-corrected chi connectivity index (χ1v) is 11.1. The zero-order valence-electron chi connectivity index (χ0n) is 18.9. The third-order valence-corrected chi connectivity index (χ3v) is 6.06. The molecular formula is C30H31N. The molecule has 0 saturated heterocycles. The molecule has 0 amide bonds. The van der Waals surface area contributed by atoms with Gasteiger partial charge in [-0.15, -0.1) is 0 Å². The molecule has 31 heavy (non-hydrogen) atoms. The fourth-order valence-electron chi connectivity index (χ4n) is 4.11. The van der Waals surface area contributed by atoms with Gasteiger partial charge in [0, 0.05) is 11.7 Å². The van der Waals surface area contributed by atoms with Crippen molar-refractivity contribution in [2.24, 2.45) is 0 Å². The standard InChI is InChI=1S/C30H31N/c1-21-10-17-29(24(4)18-21)30(26-8-6-5-7-9-26)20-25-12-15-27(16-13-25)31-28-14-11-22(2)23(3)19-28/h5-15,17-20,27,31H,16H2,1-4H3. The van der Waals surface area contributed by atoms with Crippen LogP contribution in [-0.4, -0.2) is 6.04 Å². The Bertz CT molecular complexity index is 1160. The molecule has 0 fully saturated rings. The molecule has 4 rings (SSSR count). The molecule has 3 aromatic carbocycles. The zero-order chi connectivity index (χ0) is 21.8. The summed E-state index contributed by atoms with van der Waals surface area (Å²) < 4.78 is 0. The van der Waals surface area contributed by atoms with Crippen molar-refractivity contribution in [1.82, 2.24) is 0 Å². The molecule has 0 bridgehead atoms. The van der Waals surface area contributed by atoms with Crippen molar-refractivity contribution >= 4 is 11.3 Å². The molecular weight excluding hydrogens is 374 g/mol. The van der Waals surface area contributed by atoms with Crippen LogP contribution >= 0.6 is 0 Å². The van der Waals surface area contributed by atoms with Crippen LogP contribution in [-0.2, 0) is 0 Å². The van der Waals surface area contributed by atoms with Crippen molar-refractivity contribution in [3.8, 4) is 0 Å². The first-order valence-electron chi connectivity index (χ1n) is 11.1. The summed E-state index contributed by atoms with van der Waals surface area (Å²) >= 11 is 0. The number of rotatable bonds is 5. The average Bonchev–Trinajstić information content (AvgIpc) is 2.77. The van der Waals surface area contributed by atoms with E-state index in [1.54, 1.807) is 0 Å². The summed E-state index contributed by atoms with van der Waals surface area (Å²) in [6.45, 7) is 8.67. The normalized spacial score (nSPS) is 16.2. The van der Waals surface area contributed by atoms with Crippen LogP contribution in [0.25, 0.3) is 5.57 Å². The molecule has 0 heterocycles. The number of aryl methyl sites for hydroxylation is 4. The molecule has 1 aliphatic carbocycles. The number of hydrogen-bond donors (Lipinski definition) is 1. The first kappa shape index (κ1) is 20.9. The fraction of sp³-hybridized carbons (Fsp3) is 0.200. The molecule has 1 atom stereocenters. The van der Waals surface area contributed by atoms with Gasteiger partial charge in [-0.1, -0.05) is 78.4 Å². The van der Waals surface area contributed by atoms with Crippen molar-refractivity contribution < 1.29 is 0 Å². The van der Waals surface area contributed by atoms with E-state index >= 15 is 0 Å². The van der Waals surface area contributed by atoms with Gasteiger partial charge in [-0.3, -0.25) is 0 Å². The lowest BCUT2D eigenvalue weighted by molar-refractivity contribution is 0.877. The van der Waals surface area contributed by atoms with Gasteiger partial charge in [-0.2, -0.15) is 0 Å². The van der Waals surface area contributed by atoms with E-state index in [1.807, 2.05) is 0 Å². The van der Waals surface area contributed by atoms with Crippen LogP contribution in [0.2, 0.25) is 0 Å². The quantitative estimate of drug-likeness (QED) is 0.458. The molecule has 0 saturated carbocycles. The van der Waals surface area contributed by atoms with Crippen molar-refractivity contribution in [2.75, 3.05) is 5.32 Å². The van der Waals surface area contributed by atoms with Crippen LogP contribution in [0.15, 0.2) is 96.6 Å². The highest BCUT2D eigenvalue weighted by Gasteiger charge is 2.12. The van der Waals surface area contributed by atoms with Crippen LogP contribution in [0.5, 0.6) is 0 Å². The summed E-state index contributed by atoms with van der Waals surface area (Å²) in [4.78, 5) is 0. The van der Waals surface area contributed by atoms with E-state index in [0.29, 0.717) is 6.04 Å². The van der Waals surface area contributed by atoms with Gasteiger partial charge in [0.1, 0.15) is 0 Å². The fourth-order valence-corrected chi connectivity index (χ4v) is 4.11. The highest BCUT2D eigenvalue weighted by Crippen LogP contribution is 2.29. The number of anilines is 1. The SMILES string of the molecule is Cc1ccc(C(=CC2=CCC(Nc3ccc(C)c(C)c3)C=C2)c2ccccc2)c(C)c1. The smallest absolute Gasteiger partial charge is 0.0482 e. The first-order chi connectivity index (χ1) is 15.0. The number of benzene rings is 3. The zero-order valence-corrected chi connectivity index (χ0v) is 18.9. The number of nitrogens with one attached hydrogen (secondary N) is 1. The van der Waals surface area contributed by atoms with Gasteiger partial charge < -0.3 is 5.32 Å². The van der Waals surface area contributed by atoms with Gasteiger partial charge in [0.15, 0.2) is 0 Å². The summed E-state index contributed by atoms with van der Waals surface area (Å²) in [6, 6.07) is 24.3. The van der Waals surface area contributed by atoms with Gasteiger partial charge >= 0.3 is 0 Å². The Morgan fingerprint density at radius 1 is 0.839 bits per heavy atom. The lowest BCUT2D eigenvalue weighted by Crippen LogP contribution is -2.17. The van der Waals surface area contributed by atoms with Crippen molar-refractivity contribution in [1.29, 1.82) is 0 Å². The predicted molar refractivity (Wildman–Crippen MR) is 135 cm³/mol. The van der Waals surface area contributed by atoms with Crippen LogP contribution < -0.4 is 5.32 Å². The summed E-state index contributed by atoms with van der Waals surface area (Å²) in [5, 5.41) is 3.65. The second kappa shape index (κ2) is 9.22. The Balaban J connectivity index is 1.58. The second-order valence-electron chi connectivity index (χ2n) is 8.59. The van der Waals surface area contributed by atoms with Crippen LogP contribution in [0.1, 0.15) is 39.8 Å². The van der Waals surface area contributed by atoms with E-state index in [0.717, 1.165) is 6.42 Å². The minimum absolute atomic E-state index is 0.320. The maximum atomic E-state index is 3.65. The average molecular weight is 406 g/mol. The monoisotopic (exact) mass is 405 g/mol. The molecule has 1 aliphatic rings. The molecule has 0 aromatic heterocycles. The largest absolute Gasteiger partial charge is 0.379 e. The van der Waals surface area contributed by atoms with E-state index in [9.17, 15) is 0 Å². The molecule has 1 unspecified atom stereocenters. The van der Waals surface area contributed by atoms with E-state index in [2.05, 4.69) is 124 Å². The summed E-state index contributed by atoms with van der Waals surface area (Å²) in [5.74, 6) is 0. The lowest BCUT2D eigenvalue weighted by Gasteiger charge is -2.20. The second-order valence-corrected chi connectivity index (χ2v) is 8.59. The van der Waals surface area contributed by atoms with Crippen LogP contribution in [0.4, 0.5) is 5.69 Å². The minimum atomic E-state index is 0.320. The molecule has 0 aliphatic heterocycles. The third kappa shape index (κ3) is 5.06. The van der Waals surface area contributed by atoms with E-state index in [4.69, 9.17) is 0 Å². The molecule has 1 nitrogen and oxygen atoms in total. The summed E-state index contributed by atoms with van der Waals surface area (Å²) in [5.41, 5.74) is 11.5. The molecule has 3 aromatic rings. The van der Waals surface area contributed by atoms with Gasteiger partial charge in [0.05, 0.1) is 0 Å². The number of hydrogen-bond acceptors (Lipinski definition) is 1. The van der Waals surface area contributed by atoms with E-state index < -0.39 is 0 Å². The Morgan fingerprint density at radius 3 is 2.32 bits per heavy atom. The van der Waals surface area contributed by atoms with Crippen LogP contribution in [0, 0.1) is 27.7 Å². The highest BCUT2D eigenvalue weighted by molar-refractivity contribution is 5.83. The predicted octanol–water partition coefficient (Wildman–Crippen LogP) is 7.72. The van der Waals surface area contributed by atoms with E-state index in [-0.39, 0.29) is 0 Å². The molecule has 156 valence electrons. The highest BCUT2D eigenvalue weighted by atomic mass is 14.9. The van der Waals surface area contributed by atoms with Crippen molar-refractivity contribution in [3.63, 3.8) is 0 Å². The topological polar surface area (TPSA) is 12.0 Å². The van der Waals surface area contributed by atoms with Crippen LogP contribution in [0.3, 0.4) is 0 Å².